The zero-order valence-corrected chi connectivity index (χ0v) is 34.8. The molecule has 0 unspecified atom stereocenters. The Bertz CT molecular complexity index is 2720. The minimum atomic E-state index is -0.312. The summed E-state index contributed by atoms with van der Waals surface area (Å²) in [6.45, 7) is 4.14. The number of anilines is 2. The van der Waals surface area contributed by atoms with Crippen LogP contribution < -0.4 is 20.1 Å². The maximum absolute atomic E-state index is 13.1. The minimum Gasteiger partial charge on any atom is -0.496 e. The van der Waals surface area contributed by atoms with Crippen LogP contribution in [0.4, 0.5) is 11.6 Å². The molecule has 2 amide bonds. The van der Waals surface area contributed by atoms with E-state index in [0.29, 0.717) is 45.6 Å². The highest BCUT2D eigenvalue weighted by Crippen LogP contribution is 2.36. The molecule has 2 fully saturated rings. The topological polar surface area (TPSA) is 213 Å². The van der Waals surface area contributed by atoms with Gasteiger partial charge in [0.2, 0.25) is 0 Å². The summed E-state index contributed by atoms with van der Waals surface area (Å²) in [6, 6.07) is 14.8. The van der Waals surface area contributed by atoms with Crippen LogP contribution in [0.15, 0.2) is 85.7 Å². The van der Waals surface area contributed by atoms with Gasteiger partial charge >= 0.3 is 0 Å². The van der Waals surface area contributed by atoms with Gasteiger partial charge in [-0.15, -0.1) is 0 Å². The van der Waals surface area contributed by atoms with Gasteiger partial charge in [-0.3, -0.25) is 19.0 Å². The normalized spacial score (nSPS) is 21.5. The van der Waals surface area contributed by atoms with Gasteiger partial charge in [-0.25, -0.2) is 9.97 Å². The Morgan fingerprint density at radius 3 is 1.50 bits per heavy atom. The molecule has 8 aromatic rings. The monoisotopic (exact) mass is 840 g/mol. The number of carbonyl (C=O) groups excluding carboxylic acids is 2. The minimum absolute atomic E-state index is 0.235. The largest absolute Gasteiger partial charge is 0.496 e. The van der Waals surface area contributed by atoms with Crippen LogP contribution in [0.5, 0.6) is 11.5 Å². The van der Waals surface area contributed by atoms with E-state index < -0.39 is 0 Å². The van der Waals surface area contributed by atoms with E-state index in [1.807, 2.05) is 33.9 Å². The van der Waals surface area contributed by atoms with Gasteiger partial charge < -0.3 is 30.3 Å². The van der Waals surface area contributed by atoms with Crippen LogP contribution in [0.25, 0.3) is 33.1 Å². The van der Waals surface area contributed by atoms with Crippen molar-refractivity contribution >= 4 is 56.6 Å². The predicted molar refractivity (Wildman–Crippen MR) is 231 cm³/mol. The van der Waals surface area contributed by atoms with Crippen molar-refractivity contribution in [2.24, 2.45) is 11.8 Å². The fourth-order valence-electron chi connectivity index (χ4n) is 8.59. The third kappa shape index (κ3) is 7.89. The highest BCUT2D eigenvalue weighted by Gasteiger charge is 2.29. The van der Waals surface area contributed by atoms with E-state index in [9.17, 15) is 19.8 Å². The van der Waals surface area contributed by atoms with Crippen LogP contribution >= 0.6 is 0 Å². The number of nitrogens with zero attached hydrogens (tertiary/aromatic N) is 10. The van der Waals surface area contributed by atoms with E-state index in [2.05, 4.69) is 44.6 Å². The maximum atomic E-state index is 13.1. The van der Waals surface area contributed by atoms with Crippen molar-refractivity contribution in [1.29, 1.82) is 0 Å². The first-order valence-corrected chi connectivity index (χ1v) is 20.8. The fraction of sp³-hybridized carbons (Fsp3) is 0.364. The first-order chi connectivity index (χ1) is 30.1. The molecule has 6 heterocycles. The van der Waals surface area contributed by atoms with E-state index >= 15 is 0 Å². The fourth-order valence-corrected chi connectivity index (χ4v) is 8.59. The van der Waals surface area contributed by atoms with Crippen LogP contribution in [-0.4, -0.2) is 97.2 Å². The molecule has 6 atom stereocenters. The van der Waals surface area contributed by atoms with E-state index in [0.717, 1.165) is 60.3 Å². The lowest BCUT2D eigenvalue weighted by Crippen LogP contribution is -2.28. The molecule has 0 saturated heterocycles. The van der Waals surface area contributed by atoms with E-state index in [4.69, 9.17) is 19.7 Å². The Labute approximate surface area is 355 Å². The van der Waals surface area contributed by atoms with Crippen LogP contribution in [0.3, 0.4) is 0 Å². The number of ether oxygens (including phenoxy) is 2. The van der Waals surface area contributed by atoms with Crippen LogP contribution in [0.1, 0.15) is 85.2 Å². The number of nitrogens with one attached hydrogen (secondary N) is 2. The second kappa shape index (κ2) is 16.9. The molecule has 2 aliphatic carbocycles. The molecule has 10 rings (SSSR count). The second-order valence-electron chi connectivity index (χ2n) is 16.2. The number of benzene rings is 2. The SMILES string of the molecule is COc1cc2nn([C@@H]3CC[C@H](O)[C@@H](C)C3)cc2cc1C(=O)Nc1cnc2cccnn12.COc1cc2nn([C@@H]3CC[C@H](O)[C@@H](C)C3)cc2cc1C(=O)Nc1cnc2cccnn12. The summed E-state index contributed by atoms with van der Waals surface area (Å²) in [7, 11) is 3.07. The number of hydrogen-bond acceptors (Lipinski definition) is 12. The van der Waals surface area contributed by atoms with Crippen molar-refractivity contribution in [3.8, 4) is 11.5 Å². The van der Waals surface area contributed by atoms with Gasteiger partial charge in [-0.1, -0.05) is 13.8 Å². The molecule has 0 radical (unpaired) electrons. The lowest BCUT2D eigenvalue weighted by molar-refractivity contribution is 0.0573. The van der Waals surface area contributed by atoms with Crippen molar-refractivity contribution in [2.75, 3.05) is 24.9 Å². The third-order valence-corrected chi connectivity index (χ3v) is 12.2. The number of amides is 2. The summed E-state index contributed by atoms with van der Waals surface area (Å²) in [4.78, 5) is 34.6. The summed E-state index contributed by atoms with van der Waals surface area (Å²) in [5.41, 5.74) is 3.65. The summed E-state index contributed by atoms with van der Waals surface area (Å²) in [5, 5.41) is 45.4. The molecular weight excluding hydrogens is 793 g/mol. The summed E-state index contributed by atoms with van der Waals surface area (Å²) in [5.74, 6) is 1.71. The zero-order chi connectivity index (χ0) is 43.1. The Kier molecular flexibility index (Phi) is 11.0. The highest BCUT2D eigenvalue weighted by molar-refractivity contribution is 6.09. The van der Waals surface area contributed by atoms with Crippen molar-refractivity contribution < 1.29 is 29.3 Å². The molecule has 320 valence electrons. The van der Waals surface area contributed by atoms with Crippen LogP contribution in [0.2, 0.25) is 0 Å². The average Bonchev–Trinajstić information content (AvgIpc) is 4.10. The van der Waals surface area contributed by atoms with Crippen LogP contribution in [0, 0.1) is 11.8 Å². The quantitative estimate of drug-likeness (QED) is 0.136. The number of hydrogen-bond donors (Lipinski definition) is 4. The van der Waals surface area contributed by atoms with Crippen molar-refractivity contribution in [1.82, 2.24) is 48.8 Å². The van der Waals surface area contributed by atoms with Gasteiger partial charge in [-0.05, 0) is 86.8 Å². The van der Waals surface area contributed by atoms with E-state index in [1.54, 1.807) is 70.2 Å². The van der Waals surface area contributed by atoms with Gasteiger partial charge in [0.1, 0.15) is 11.5 Å². The number of aromatic nitrogens is 10. The molecule has 0 bridgehead atoms. The maximum Gasteiger partial charge on any atom is 0.260 e. The van der Waals surface area contributed by atoms with E-state index in [-0.39, 0.29) is 47.9 Å². The average molecular weight is 841 g/mol. The highest BCUT2D eigenvalue weighted by atomic mass is 16.5. The molecule has 4 N–H and O–H groups in total. The number of fused-ring (bicyclic) bond motifs is 4. The standard InChI is InChI=1S/2C22H24N6O3/c2*1-13-8-15(5-6-18(13)29)27-12-14-9-16(19(31-2)10-17(14)26-27)22(30)25-21-11-23-20-4-3-7-24-28(20)21/h2*3-4,7,9-13,15,18,29H,5-6,8H2,1-2H3,(H,25,30)/t2*13-,15+,18-/m00/s1. The summed E-state index contributed by atoms with van der Waals surface area (Å²) < 4.78 is 18.0. The molecular formula is C44H48N12O6. The third-order valence-electron chi connectivity index (χ3n) is 12.2. The van der Waals surface area contributed by atoms with Gasteiger partial charge in [0, 0.05) is 47.7 Å². The number of imidazole rings is 2. The Morgan fingerprint density at radius 2 is 1.10 bits per heavy atom. The number of carbonyl (C=O) groups is 2. The number of aliphatic hydroxyl groups excluding tert-OH is 2. The zero-order valence-electron chi connectivity index (χ0n) is 34.8. The molecule has 0 spiro atoms. The van der Waals surface area contributed by atoms with Crippen molar-refractivity contribution in [3.05, 3.63) is 96.8 Å². The number of methoxy groups -OCH3 is 2. The first-order valence-electron chi connectivity index (χ1n) is 20.8. The summed E-state index contributed by atoms with van der Waals surface area (Å²) in [6.07, 6.45) is 14.9. The van der Waals surface area contributed by atoms with Gasteiger partial charge in [-0.2, -0.15) is 29.4 Å². The van der Waals surface area contributed by atoms with E-state index in [1.165, 1.54) is 14.2 Å². The van der Waals surface area contributed by atoms with Crippen LogP contribution in [-0.2, 0) is 0 Å². The smallest absolute Gasteiger partial charge is 0.260 e. The van der Waals surface area contributed by atoms with Gasteiger partial charge in [0.25, 0.3) is 11.8 Å². The Hall–Kier alpha value is -6.92. The molecule has 6 aromatic heterocycles. The predicted octanol–water partition coefficient (Wildman–Crippen LogP) is 6.12. The summed E-state index contributed by atoms with van der Waals surface area (Å²) >= 11 is 0. The van der Waals surface area contributed by atoms with Crippen molar-refractivity contribution in [3.63, 3.8) is 0 Å². The Balaban J connectivity index is 0.000000158. The molecule has 18 heteroatoms. The lowest BCUT2D eigenvalue weighted by atomic mass is 9.85. The Morgan fingerprint density at radius 1 is 0.661 bits per heavy atom. The van der Waals surface area contributed by atoms with Gasteiger partial charge in [0.05, 0.1) is 73.1 Å². The number of aliphatic hydroxyl groups is 2. The molecule has 18 nitrogen and oxygen atoms in total. The molecule has 2 aromatic carbocycles. The lowest BCUT2D eigenvalue weighted by Gasteiger charge is -2.31. The number of rotatable bonds is 8. The molecule has 2 saturated carbocycles. The van der Waals surface area contributed by atoms with Gasteiger partial charge in [0.15, 0.2) is 22.9 Å². The molecule has 0 aliphatic heterocycles. The molecule has 62 heavy (non-hydrogen) atoms. The first kappa shape index (κ1) is 40.5. The van der Waals surface area contributed by atoms with Crippen molar-refractivity contribution in [2.45, 2.75) is 76.7 Å². The molecule has 2 aliphatic rings. The second-order valence-corrected chi connectivity index (χ2v) is 16.2.